The van der Waals surface area contributed by atoms with Crippen molar-refractivity contribution in [1.82, 2.24) is 24.7 Å². The number of hydrogen-bond acceptors (Lipinski definition) is 11. The number of halogens is 2. The van der Waals surface area contributed by atoms with Crippen LogP contribution in [0.2, 0.25) is 0 Å². The molecule has 0 amide bonds. The lowest BCUT2D eigenvalue weighted by atomic mass is 10.1. The van der Waals surface area contributed by atoms with Crippen molar-refractivity contribution in [1.29, 1.82) is 0 Å². The van der Waals surface area contributed by atoms with Crippen molar-refractivity contribution in [2.75, 3.05) is 30.0 Å². The number of benzene rings is 2. The predicted octanol–water partition coefficient (Wildman–Crippen LogP) is 3.33. The van der Waals surface area contributed by atoms with Crippen LogP contribution in [0, 0.1) is 21.7 Å². The maximum atomic E-state index is 14.4. The second-order valence-electron chi connectivity index (χ2n) is 9.15. The fraction of sp³-hybridized carbons (Fsp3) is 0.148. The molecule has 42 heavy (non-hydrogen) atoms. The Labute approximate surface area is 236 Å². The molecule has 15 heteroatoms. The van der Waals surface area contributed by atoms with Gasteiger partial charge < -0.3 is 21.1 Å². The van der Waals surface area contributed by atoms with E-state index in [0.717, 1.165) is 6.20 Å². The Bertz CT molecular complexity index is 1810. The van der Waals surface area contributed by atoms with Crippen LogP contribution in [0.4, 0.5) is 31.8 Å². The second kappa shape index (κ2) is 11.4. The third-order valence-electron chi connectivity index (χ3n) is 6.35. The van der Waals surface area contributed by atoms with E-state index in [-0.39, 0.29) is 54.0 Å². The number of carbonyl (C=O) groups is 1. The molecule has 0 aliphatic rings. The first-order valence-corrected chi connectivity index (χ1v) is 12.4. The molecule has 0 atom stereocenters. The summed E-state index contributed by atoms with van der Waals surface area (Å²) in [5.74, 6) is -2.17. The molecule has 0 aliphatic heterocycles. The molecule has 0 saturated carbocycles. The number of carbonyl (C=O) groups excluding carboxylic acids is 1. The van der Waals surface area contributed by atoms with Gasteiger partial charge in [0.15, 0.2) is 11.6 Å². The number of rotatable bonds is 9. The van der Waals surface area contributed by atoms with Crippen LogP contribution in [0.1, 0.15) is 16.8 Å². The lowest BCUT2D eigenvalue weighted by Crippen LogP contribution is -2.32. The molecule has 3 heterocycles. The number of nitrogens with two attached hydrogens (primary N) is 2. The van der Waals surface area contributed by atoms with E-state index in [0.29, 0.717) is 22.3 Å². The minimum Gasteiger partial charge on any atom is -0.468 e. The molecule has 0 unspecified atom stereocenters. The molecule has 0 spiro atoms. The van der Waals surface area contributed by atoms with Gasteiger partial charge in [-0.15, -0.1) is 0 Å². The zero-order valence-corrected chi connectivity index (χ0v) is 22.1. The van der Waals surface area contributed by atoms with E-state index in [1.54, 1.807) is 24.3 Å². The van der Waals surface area contributed by atoms with E-state index in [2.05, 4.69) is 20.1 Å². The highest BCUT2D eigenvalue weighted by Crippen LogP contribution is 2.31. The van der Waals surface area contributed by atoms with Gasteiger partial charge in [0.05, 0.1) is 29.4 Å². The summed E-state index contributed by atoms with van der Waals surface area (Å²) in [6.07, 6.45) is 1.07. The average Bonchev–Trinajstić information content (AvgIpc) is 3.31. The van der Waals surface area contributed by atoms with Gasteiger partial charge in [-0.1, -0.05) is 30.3 Å². The van der Waals surface area contributed by atoms with Crippen molar-refractivity contribution >= 4 is 40.0 Å². The van der Waals surface area contributed by atoms with Crippen molar-refractivity contribution in [3.63, 3.8) is 0 Å². The van der Waals surface area contributed by atoms with Crippen LogP contribution in [0.15, 0.2) is 60.8 Å². The number of hydrogen-bond donors (Lipinski definition) is 2. The Morgan fingerprint density at radius 1 is 1.10 bits per heavy atom. The highest BCUT2D eigenvalue weighted by Gasteiger charge is 2.24. The summed E-state index contributed by atoms with van der Waals surface area (Å²) in [6.45, 7) is -0.358. The third kappa shape index (κ3) is 5.60. The molecule has 0 bridgehead atoms. The number of aromatic nitrogens is 5. The summed E-state index contributed by atoms with van der Waals surface area (Å²) in [7, 11) is 1.20. The molecule has 0 aliphatic carbocycles. The molecule has 5 rings (SSSR count). The van der Waals surface area contributed by atoms with E-state index in [1.807, 2.05) is 0 Å². The largest absolute Gasteiger partial charge is 0.468 e. The number of methoxy groups -OCH3 is 1. The van der Waals surface area contributed by atoms with Gasteiger partial charge in [-0.2, -0.15) is 19.7 Å². The smallest absolute Gasteiger partial charge is 0.325 e. The highest BCUT2D eigenvalue weighted by atomic mass is 19.1. The standard InChI is InChI=1S/C27H23F2N9O4/c1-42-22(39)14-36(13-15-5-4-7-18(9-15)38(40)41)24-25(30)33-27(34-26(24)31)37-21-11-17(28)12-32-23(21)20(35-37)10-16-6-2-3-8-19(16)29/h2-9,11-12H,10,13-14H2,1H3,(H4,30,31,33,34). The molecule has 214 valence electrons. The molecule has 13 nitrogen and oxygen atoms in total. The Hall–Kier alpha value is -5.73. The number of nitro groups is 1. The van der Waals surface area contributed by atoms with Crippen LogP contribution in [-0.2, 0) is 22.5 Å². The topological polar surface area (TPSA) is 181 Å². The predicted molar refractivity (Wildman–Crippen MR) is 149 cm³/mol. The molecule has 0 radical (unpaired) electrons. The normalized spacial score (nSPS) is 11.0. The van der Waals surface area contributed by atoms with E-state index < -0.39 is 22.5 Å². The van der Waals surface area contributed by atoms with Crippen LogP contribution < -0.4 is 16.4 Å². The van der Waals surface area contributed by atoms with Crippen LogP contribution in [0.5, 0.6) is 0 Å². The Kier molecular flexibility index (Phi) is 7.55. The van der Waals surface area contributed by atoms with Crippen molar-refractivity contribution in [3.8, 4) is 5.95 Å². The van der Waals surface area contributed by atoms with E-state index in [9.17, 15) is 23.7 Å². The number of non-ortho nitro benzene ring substituents is 1. The van der Waals surface area contributed by atoms with Crippen LogP contribution >= 0.6 is 0 Å². The van der Waals surface area contributed by atoms with Gasteiger partial charge in [0, 0.05) is 31.2 Å². The van der Waals surface area contributed by atoms with E-state index >= 15 is 0 Å². The van der Waals surface area contributed by atoms with Gasteiger partial charge in [0.1, 0.15) is 29.4 Å². The van der Waals surface area contributed by atoms with Gasteiger partial charge in [-0.25, -0.2) is 13.8 Å². The number of pyridine rings is 1. The van der Waals surface area contributed by atoms with Gasteiger partial charge in [0.2, 0.25) is 0 Å². The molecule has 3 aromatic heterocycles. The van der Waals surface area contributed by atoms with Crippen molar-refractivity contribution < 1.29 is 23.2 Å². The first kappa shape index (κ1) is 27.8. The monoisotopic (exact) mass is 575 g/mol. The lowest BCUT2D eigenvalue weighted by Gasteiger charge is -2.25. The minimum absolute atomic E-state index is 0.0273. The van der Waals surface area contributed by atoms with E-state index in [4.69, 9.17) is 16.2 Å². The quantitative estimate of drug-likeness (QED) is 0.149. The summed E-state index contributed by atoms with van der Waals surface area (Å²) < 4.78 is 34.6. The average molecular weight is 576 g/mol. The fourth-order valence-electron chi connectivity index (χ4n) is 4.45. The van der Waals surface area contributed by atoms with Crippen LogP contribution in [0.3, 0.4) is 0 Å². The number of anilines is 3. The molecule has 5 aromatic rings. The maximum Gasteiger partial charge on any atom is 0.325 e. The summed E-state index contributed by atoms with van der Waals surface area (Å²) in [5, 5.41) is 15.7. The van der Waals surface area contributed by atoms with E-state index in [1.165, 1.54) is 47.0 Å². The minimum atomic E-state index is -0.653. The first-order valence-electron chi connectivity index (χ1n) is 12.4. The number of nitrogens with zero attached hydrogens (tertiary/aromatic N) is 7. The number of ether oxygens (including phenoxy) is 1. The maximum absolute atomic E-state index is 14.4. The van der Waals surface area contributed by atoms with Crippen molar-refractivity contribution in [2.45, 2.75) is 13.0 Å². The van der Waals surface area contributed by atoms with Crippen LogP contribution in [-0.4, -0.2) is 49.3 Å². The fourth-order valence-corrected chi connectivity index (χ4v) is 4.45. The van der Waals surface area contributed by atoms with Gasteiger partial charge in [-0.05, 0) is 17.2 Å². The lowest BCUT2D eigenvalue weighted by molar-refractivity contribution is -0.384. The number of fused-ring (bicyclic) bond motifs is 1. The number of esters is 1. The molecular weight excluding hydrogens is 552 g/mol. The molecule has 4 N–H and O–H groups in total. The second-order valence-corrected chi connectivity index (χ2v) is 9.15. The Morgan fingerprint density at radius 3 is 2.52 bits per heavy atom. The van der Waals surface area contributed by atoms with Crippen molar-refractivity contribution in [3.05, 3.63) is 99.4 Å². The summed E-state index contributed by atoms with van der Waals surface area (Å²) in [5.41, 5.74) is 14.2. The van der Waals surface area contributed by atoms with Gasteiger partial charge in [0.25, 0.3) is 11.6 Å². The third-order valence-corrected chi connectivity index (χ3v) is 6.35. The first-order chi connectivity index (χ1) is 20.1. The summed E-state index contributed by atoms with van der Waals surface area (Å²) >= 11 is 0. The van der Waals surface area contributed by atoms with Gasteiger partial charge >= 0.3 is 5.97 Å². The van der Waals surface area contributed by atoms with Gasteiger partial charge in [-0.3, -0.25) is 14.9 Å². The van der Waals surface area contributed by atoms with Crippen molar-refractivity contribution in [2.24, 2.45) is 0 Å². The SMILES string of the molecule is COC(=O)CN(Cc1cccc([N+](=O)[O-])c1)c1c(N)nc(-n2nc(Cc3ccccc3F)c3ncc(F)cc32)nc1N. The summed E-state index contributed by atoms with van der Waals surface area (Å²) in [6, 6.07) is 13.2. The highest BCUT2D eigenvalue weighted by molar-refractivity contribution is 5.83. The Morgan fingerprint density at radius 2 is 1.83 bits per heavy atom. The zero-order valence-electron chi connectivity index (χ0n) is 22.1. The number of nitrogen functional groups attached to an aromatic ring is 2. The Balaban J connectivity index is 1.57. The molecular formula is C27H23F2N9O4. The number of nitro benzene ring substituents is 1. The zero-order chi connectivity index (χ0) is 30.0. The molecule has 0 fully saturated rings. The molecule has 0 saturated heterocycles. The molecule has 2 aromatic carbocycles. The van der Waals surface area contributed by atoms with Crippen LogP contribution in [0.25, 0.3) is 17.0 Å². The summed E-state index contributed by atoms with van der Waals surface area (Å²) in [4.78, 5) is 37.2.